The molecule has 0 aliphatic rings. The zero-order chi connectivity index (χ0) is 26.7. The molecule has 214 valence electrons. The smallest absolute Gasteiger partial charge is 0.267 e. The van der Waals surface area contributed by atoms with Gasteiger partial charge < -0.3 is 4.48 Å². The molecule has 35 heavy (non-hydrogen) atoms. The predicted octanol–water partition coefficient (Wildman–Crippen LogP) is 8.84. The fraction of sp³-hybridized carbons (Fsp3) is 1.00. The van der Waals surface area contributed by atoms with E-state index in [1.165, 1.54) is 94.9 Å². The van der Waals surface area contributed by atoms with Crippen molar-refractivity contribution in [3.63, 3.8) is 0 Å². The van der Waals surface area contributed by atoms with E-state index in [9.17, 15) is 12.8 Å². The minimum Gasteiger partial charge on any atom is -0.325 e. The molecule has 0 amide bonds. The molecule has 0 heterocycles. The van der Waals surface area contributed by atoms with Crippen LogP contribution in [0.5, 0.6) is 0 Å². The number of nitrogens with zero attached hydrogens (tertiary/aromatic N) is 1. The molecule has 0 aliphatic carbocycles. The Kier molecular flexibility index (Phi) is 28.4. The van der Waals surface area contributed by atoms with Crippen molar-refractivity contribution in [2.24, 2.45) is 0 Å². The molecule has 0 aromatic rings. The molecule has 0 fully saturated rings. The van der Waals surface area contributed by atoms with Crippen LogP contribution in [0.3, 0.4) is 0 Å². The quantitative estimate of drug-likeness (QED) is 0.0680. The average Bonchev–Trinajstić information content (AvgIpc) is 2.86. The van der Waals surface area contributed by atoms with Gasteiger partial charge in [0.05, 0.1) is 45.2 Å². The lowest BCUT2D eigenvalue weighted by Crippen LogP contribution is -2.47. The van der Waals surface area contributed by atoms with Crippen LogP contribution in [0.2, 0.25) is 0 Å². The second-order valence-electron chi connectivity index (χ2n) is 10.0. The molecule has 0 aliphatic heterocycles. The molecule has 0 rings (SSSR count). The Morgan fingerprint density at radius 3 is 1.29 bits per heavy atom. The molecule has 0 aromatic carbocycles. The van der Waals surface area contributed by atoms with E-state index in [4.69, 9.17) is 4.18 Å². The largest absolute Gasteiger partial charge is 0.325 e. The van der Waals surface area contributed by atoms with Crippen LogP contribution in [0.1, 0.15) is 144 Å². The Bertz CT molecular complexity index is 493. The maximum absolute atomic E-state index is 11.9. The van der Waals surface area contributed by atoms with E-state index >= 15 is 0 Å². The molecule has 0 saturated heterocycles. The number of hydrogen-bond acceptors (Lipinski definition) is 3. The summed E-state index contributed by atoms with van der Waals surface area (Å²) in [5.41, 5.74) is 0. The summed E-state index contributed by atoms with van der Waals surface area (Å²) in [6, 6.07) is 0. The highest BCUT2D eigenvalue weighted by Crippen LogP contribution is 2.12. The summed E-state index contributed by atoms with van der Waals surface area (Å²) in [6.07, 6.45) is 18.9. The van der Waals surface area contributed by atoms with Gasteiger partial charge in [-0.2, -0.15) is 8.42 Å². The second kappa shape index (κ2) is 26.9. The lowest BCUT2D eigenvalue weighted by molar-refractivity contribution is -0.921. The molecular weight excluding hydrogens is 461 g/mol. The van der Waals surface area contributed by atoms with E-state index in [-0.39, 0.29) is 12.4 Å². The third kappa shape index (κ3) is 25.2. The van der Waals surface area contributed by atoms with Gasteiger partial charge >= 0.3 is 0 Å². The van der Waals surface area contributed by atoms with Crippen LogP contribution in [-0.4, -0.2) is 58.1 Å². The first kappa shape index (κ1) is 37.0. The van der Waals surface area contributed by atoms with Crippen molar-refractivity contribution in [1.29, 1.82) is 0 Å². The number of hydrogen-bond donors (Lipinski definition) is 0. The summed E-state index contributed by atoms with van der Waals surface area (Å²) in [6.45, 7) is 16.5. The fourth-order valence-electron chi connectivity index (χ4n) is 4.43. The number of rotatable bonds is 25. The van der Waals surface area contributed by atoms with E-state index in [1.807, 2.05) is 0 Å². The molecular formula is C29H63FNO3S+. The molecule has 0 aromatic heterocycles. The van der Waals surface area contributed by atoms with Crippen LogP contribution < -0.4 is 0 Å². The summed E-state index contributed by atoms with van der Waals surface area (Å²) >= 11 is 0. The SMILES string of the molecule is CCCCCCCCCCCCCCOS(=O)(=O)CCCCCCCF.CC[N+](CC)(CC)CC. The zero-order valence-electron chi connectivity index (χ0n) is 24.4. The molecule has 0 bridgehead atoms. The Hall–Kier alpha value is -0.200. The third-order valence-corrected chi connectivity index (χ3v) is 8.79. The summed E-state index contributed by atoms with van der Waals surface area (Å²) in [5.74, 6) is 0.0981. The van der Waals surface area contributed by atoms with Crippen LogP contribution in [-0.2, 0) is 14.3 Å². The Morgan fingerprint density at radius 2 is 0.914 bits per heavy atom. The first-order valence-corrected chi connectivity index (χ1v) is 16.7. The maximum Gasteiger partial charge on any atom is 0.267 e. The van der Waals surface area contributed by atoms with E-state index in [0.717, 1.165) is 32.1 Å². The minimum absolute atomic E-state index is 0.0981. The van der Waals surface area contributed by atoms with Gasteiger partial charge in [-0.15, -0.1) is 0 Å². The van der Waals surface area contributed by atoms with Gasteiger partial charge in [-0.25, -0.2) is 0 Å². The minimum atomic E-state index is -3.36. The van der Waals surface area contributed by atoms with Crippen molar-refractivity contribution in [1.82, 2.24) is 0 Å². The van der Waals surface area contributed by atoms with E-state index in [0.29, 0.717) is 19.4 Å². The standard InChI is InChI=1S/C21H43FO3S.C8H20N/c1-2-3-4-5-6-7-8-9-10-11-14-17-20-25-26(23,24)21-18-15-12-13-16-19-22;1-5-9(6-2,7-3)8-4/h2-21H2,1H3;5-8H2,1-4H3/q;+1. The number of alkyl halides is 1. The van der Waals surface area contributed by atoms with Crippen molar-refractivity contribution < 1.29 is 21.5 Å². The molecule has 0 radical (unpaired) electrons. The van der Waals surface area contributed by atoms with Crippen LogP contribution in [0.15, 0.2) is 0 Å². The van der Waals surface area contributed by atoms with Gasteiger partial charge in [0, 0.05) is 0 Å². The first-order valence-electron chi connectivity index (χ1n) is 15.1. The Morgan fingerprint density at radius 1 is 0.543 bits per heavy atom. The van der Waals surface area contributed by atoms with Crippen molar-refractivity contribution in [2.75, 3.05) is 45.2 Å². The lowest BCUT2D eigenvalue weighted by atomic mass is 10.1. The summed E-state index contributed by atoms with van der Waals surface area (Å²) in [4.78, 5) is 0. The normalized spacial score (nSPS) is 11.9. The topological polar surface area (TPSA) is 43.4 Å². The van der Waals surface area contributed by atoms with Gasteiger partial charge in [-0.1, -0.05) is 96.8 Å². The summed E-state index contributed by atoms with van der Waals surface area (Å²) in [7, 11) is -3.36. The van der Waals surface area contributed by atoms with Crippen LogP contribution >= 0.6 is 0 Å². The first-order chi connectivity index (χ1) is 16.9. The molecule has 0 atom stereocenters. The maximum atomic E-state index is 11.9. The fourth-order valence-corrected chi connectivity index (χ4v) is 5.48. The van der Waals surface area contributed by atoms with Gasteiger partial charge in [0.1, 0.15) is 0 Å². The molecule has 6 heteroatoms. The second-order valence-corrected chi connectivity index (χ2v) is 11.8. The van der Waals surface area contributed by atoms with Crippen molar-refractivity contribution in [3.8, 4) is 0 Å². The van der Waals surface area contributed by atoms with Gasteiger partial charge in [0.15, 0.2) is 0 Å². The molecule has 0 spiro atoms. The lowest BCUT2D eigenvalue weighted by Gasteiger charge is -2.34. The van der Waals surface area contributed by atoms with E-state index in [1.54, 1.807) is 0 Å². The van der Waals surface area contributed by atoms with Crippen LogP contribution in [0.25, 0.3) is 0 Å². The highest BCUT2D eigenvalue weighted by molar-refractivity contribution is 7.86. The molecule has 0 N–H and O–H groups in total. The summed E-state index contributed by atoms with van der Waals surface area (Å²) in [5, 5.41) is 0. The molecule has 0 unspecified atom stereocenters. The van der Waals surface area contributed by atoms with Gasteiger partial charge in [0.2, 0.25) is 0 Å². The number of halogens is 1. The third-order valence-electron chi connectivity index (χ3n) is 7.47. The number of quaternary nitrogens is 1. The average molecular weight is 525 g/mol. The zero-order valence-corrected chi connectivity index (χ0v) is 25.2. The highest BCUT2D eigenvalue weighted by Gasteiger charge is 2.16. The molecule has 0 saturated carbocycles. The Balaban J connectivity index is 0. The van der Waals surface area contributed by atoms with Gasteiger partial charge in [0.25, 0.3) is 10.1 Å². The van der Waals surface area contributed by atoms with Crippen LogP contribution in [0, 0.1) is 0 Å². The van der Waals surface area contributed by atoms with Crippen molar-refractivity contribution >= 4 is 10.1 Å². The van der Waals surface area contributed by atoms with Crippen LogP contribution in [0.4, 0.5) is 4.39 Å². The molecule has 4 nitrogen and oxygen atoms in total. The Labute approximate surface area is 220 Å². The number of unbranched alkanes of at least 4 members (excludes halogenated alkanes) is 15. The van der Waals surface area contributed by atoms with E-state index < -0.39 is 10.1 Å². The predicted molar refractivity (Wildman–Crippen MR) is 152 cm³/mol. The van der Waals surface area contributed by atoms with E-state index in [2.05, 4.69) is 34.6 Å². The summed E-state index contributed by atoms with van der Waals surface area (Å²) < 4.78 is 41.7. The van der Waals surface area contributed by atoms with Gasteiger partial charge in [-0.3, -0.25) is 8.57 Å². The monoisotopic (exact) mass is 524 g/mol. The van der Waals surface area contributed by atoms with Crippen molar-refractivity contribution in [3.05, 3.63) is 0 Å². The van der Waals surface area contributed by atoms with Gasteiger partial charge in [-0.05, 0) is 47.0 Å². The highest BCUT2D eigenvalue weighted by atomic mass is 32.2. The van der Waals surface area contributed by atoms with Crippen molar-refractivity contribution in [2.45, 2.75) is 144 Å².